The highest BCUT2D eigenvalue weighted by atomic mass is 19.3. The minimum absolute atomic E-state index is 0.129. The van der Waals surface area contributed by atoms with Crippen LogP contribution < -0.4 is 20.1 Å². The number of carbonyl (C=O) groups excluding carboxylic acids is 4. The fourth-order valence-corrected chi connectivity index (χ4v) is 6.58. The maximum absolute atomic E-state index is 13.0. The zero-order valence-corrected chi connectivity index (χ0v) is 35.5. The highest BCUT2D eigenvalue weighted by Gasteiger charge is 2.41. The van der Waals surface area contributed by atoms with Gasteiger partial charge in [0.25, 0.3) is 0 Å². The summed E-state index contributed by atoms with van der Waals surface area (Å²) in [6.45, 7) is 8.76. The first-order valence-electron chi connectivity index (χ1n) is 19.4. The van der Waals surface area contributed by atoms with E-state index in [9.17, 15) is 36.7 Å². The SMILES string of the molecule is CC[C@H](C)COC(=O)C1=C(C)NC(C)=C(C(=O)OC)[C@@H]1c1ccccc1OC(F)F.CC[C@H](C)COC(=O)C1=C(C)NC(C)=C(C(=O)OC)[C@H]1c1ccccc1OC(F)F. The monoisotopic (exact) mass is 846 g/mol. The molecule has 2 N–H and O–H groups in total. The lowest BCUT2D eigenvalue weighted by atomic mass is 9.80. The number of methoxy groups -OCH3 is 2. The summed E-state index contributed by atoms with van der Waals surface area (Å²) < 4.78 is 82.1. The van der Waals surface area contributed by atoms with Crippen molar-refractivity contribution in [3.05, 3.63) is 105 Å². The summed E-state index contributed by atoms with van der Waals surface area (Å²) in [5.41, 5.74) is 2.88. The third-order valence-electron chi connectivity index (χ3n) is 10.1. The number of dihydropyridines is 2. The molecule has 4 rings (SSSR count). The fraction of sp³-hybridized carbons (Fsp3) is 0.455. The van der Waals surface area contributed by atoms with Crippen molar-refractivity contribution in [2.45, 2.75) is 93.3 Å². The van der Waals surface area contributed by atoms with E-state index in [2.05, 4.69) is 20.1 Å². The smallest absolute Gasteiger partial charge is 0.387 e. The van der Waals surface area contributed by atoms with E-state index in [1.807, 2.05) is 27.7 Å². The van der Waals surface area contributed by atoms with E-state index in [0.717, 1.165) is 12.8 Å². The quantitative estimate of drug-likeness (QED) is 0.0948. The number of hydrogen-bond acceptors (Lipinski definition) is 12. The van der Waals surface area contributed by atoms with Gasteiger partial charge in [-0.2, -0.15) is 17.6 Å². The maximum atomic E-state index is 13.0. The molecule has 16 heteroatoms. The molecule has 0 spiro atoms. The highest BCUT2D eigenvalue weighted by molar-refractivity contribution is 6.01. The first kappa shape index (κ1) is 48.6. The summed E-state index contributed by atoms with van der Waals surface area (Å²) >= 11 is 0. The van der Waals surface area contributed by atoms with E-state index in [1.54, 1.807) is 52.0 Å². The number of rotatable bonds is 16. The molecule has 2 aromatic rings. The molecule has 2 aromatic carbocycles. The van der Waals surface area contributed by atoms with Crippen LogP contribution in [0.15, 0.2) is 93.6 Å². The van der Waals surface area contributed by atoms with Crippen LogP contribution in [0.2, 0.25) is 0 Å². The average Bonchev–Trinajstić information content (AvgIpc) is 3.20. The van der Waals surface area contributed by atoms with Gasteiger partial charge in [0, 0.05) is 33.9 Å². The summed E-state index contributed by atoms with van der Waals surface area (Å²) in [6, 6.07) is 12.1. The van der Waals surface area contributed by atoms with Crippen molar-refractivity contribution in [2.24, 2.45) is 11.8 Å². The topological polar surface area (TPSA) is 148 Å². The molecule has 4 atom stereocenters. The van der Waals surface area contributed by atoms with Crippen LogP contribution in [0.5, 0.6) is 11.5 Å². The van der Waals surface area contributed by atoms with Crippen LogP contribution in [-0.4, -0.2) is 64.5 Å². The number of halogens is 4. The Balaban J connectivity index is 0.000000320. The van der Waals surface area contributed by atoms with E-state index in [4.69, 9.17) is 18.9 Å². The molecule has 0 aliphatic carbocycles. The number of esters is 4. The number of para-hydroxylation sites is 2. The van der Waals surface area contributed by atoms with Crippen LogP contribution in [0.3, 0.4) is 0 Å². The minimum Gasteiger partial charge on any atom is -0.466 e. The van der Waals surface area contributed by atoms with Gasteiger partial charge in [-0.05, 0) is 51.7 Å². The summed E-state index contributed by atoms with van der Waals surface area (Å²) in [6.07, 6.45) is 1.65. The number of hydrogen-bond donors (Lipinski definition) is 2. The lowest BCUT2D eigenvalue weighted by molar-refractivity contribution is -0.142. The summed E-state index contributed by atoms with van der Waals surface area (Å²) in [5.74, 6) is -4.57. The van der Waals surface area contributed by atoms with Crippen molar-refractivity contribution in [3.63, 3.8) is 0 Å². The standard InChI is InChI=1S/2C22H27F2NO5/c2*1-6-12(2)11-29-21(27)18-14(4)25-13(3)17(20(26)28-5)19(18)15-9-7-8-10-16(15)30-22(23)24/h2*7-10,12,19,22,25H,6,11H2,1-5H3/t12-,19+;12-,19-/m00/s1. The Bertz CT molecular complexity index is 1870. The van der Waals surface area contributed by atoms with Gasteiger partial charge in [0.05, 0.1) is 61.6 Å². The Morgan fingerprint density at radius 3 is 1.13 bits per heavy atom. The number of carbonyl (C=O) groups is 4. The number of nitrogens with one attached hydrogen (secondary N) is 2. The molecule has 0 saturated heterocycles. The molecule has 0 amide bonds. The Morgan fingerprint density at radius 2 is 0.850 bits per heavy atom. The molecule has 0 saturated carbocycles. The molecule has 2 heterocycles. The minimum atomic E-state index is -3.06. The van der Waals surface area contributed by atoms with Crippen molar-refractivity contribution in [2.75, 3.05) is 27.4 Å². The predicted molar refractivity (Wildman–Crippen MR) is 214 cm³/mol. The Kier molecular flexibility index (Phi) is 18.2. The van der Waals surface area contributed by atoms with Crippen molar-refractivity contribution in [1.82, 2.24) is 10.6 Å². The Labute approximate surface area is 347 Å². The zero-order chi connectivity index (χ0) is 44.8. The molecule has 0 radical (unpaired) electrons. The van der Waals surface area contributed by atoms with Gasteiger partial charge in [-0.1, -0.05) is 76.9 Å². The molecule has 2 aliphatic heterocycles. The molecular formula is C44H54F4N2O10. The molecule has 328 valence electrons. The van der Waals surface area contributed by atoms with Gasteiger partial charge < -0.3 is 39.1 Å². The van der Waals surface area contributed by atoms with Crippen LogP contribution in [0.4, 0.5) is 17.6 Å². The van der Waals surface area contributed by atoms with Crippen LogP contribution in [0, 0.1) is 11.8 Å². The molecule has 2 aliphatic rings. The van der Waals surface area contributed by atoms with E-state index < -0.39 is 48.9 Å². The first-order valence-corrected chi connectivity index (χ1v) is 19.4. The van der Waals surface area contributed by atoms with Crippen LogP contribution in [0.25, 0.3) is 0 Å². The zero-order valence-electron chi connectivity index (χ0n) is 35.5. The fourth-order valence-electron chi connectivity index (χ4n) is 6.58. The molecule has 0 bridgehead atoms. The van der Waals surface area contributed by atoms with Gasteiger partial charge in [0.1, 0.15) is 11.5 Å². The number of ether oxygens (including phenoxy) is 6. The summed E-state index contributed by atoms with van der Waals surface area (Å²) in [4.78, 5) is 51.2. The Hall–Kier alpha value is -5.80. The third-order valence-corrected chi connectivity index (χ3v) is 10.1. The van der Waals surface area contributed by atoms with Crippen LogP contribution >= 0.6 is 0 Å². The molecule has 12 nitrogen and oxygen atoms in total. The third kappa shape index (κ3) is 12.1. The largest absolute Gasteiger partial charge is 0.466 e. The molecular weight excluding hydrogens is 792 g/mol. The van der Waals surface area contributed by atoms with Crippen LogP contribution in [0.1, 0.15) is 91.2 Å². The molecule has 0 aromatic heterocycles. The van der Waals surface area contributed by atoms with Gasteiger partial charge in [-0.25, -0.2) is 19.2 Å². The van der Waals surface area contributed by atoms with Gasteiger partial charge in [-0.3, -0.25) is 0 Å². The number of allylic oxidation sites excluding steroid dienone is 4. The van der Waals surface area contributed by atoms with Gasteiger partial charge in [0.15, 0.2) is 0 Å². The Morgan fingerprint density at radius 1 is 0.550 bits per heavy atom. The van der Waals surface area contributed by atoms with Crippen molar-refractivity contribution in [3.8, 4) is 11.5 Å². The second-order valence-electron chi connectivity index (χ2n) is 14.3. The van der Waals surface area contributed by atoms with Crippen molar-refractivity contribution >= 4 is 23.9 Å². The molecule has 0 unspecified atom stereocenters. The summed E-state index contributed by atoms with van der Waals surface area (Å²) in [5, 5.41) is 6.01. The average molecular weight is 847 g/mol. The van der Waals surface area contributed by atoms with Crippen molar-refractivity contribution in [1.29, 1.82) is 0 Å². The molecule has 0 fully saturated rings. The van der Waals surface area contributed by atoms with E-state index in [-0.39, 0.29) is 70.0 Å². The van der Waals surface area contributed by atoms with E-state index in [1.165, 1.54) is 38.5 Å². The second kappa shape index (κ2) is 22.5. The van der Waals surface area contributed by atoms with Crippen LogP contribution in [-0.2, 0) is 38.1 Å². The lowest BCUT2D eigenvalue weighted by Crippen LogP contribution is -2.33. The van der Waals surface area contributed by atoms with E-state index >= 15 is 0 Å². The van der Waals surface area contributed by atoms with Crippen molar-refractivity contribution < 1.29 is 65.2 Å². The molecule has 60 heavy (non-hydrogen) atoms. The second-order valence-corrected chi connectivity index (χ2v) is 14.3. The summed E-state index contributed by atoms with van der Waals surface area (Å²) in [7, 11) is 2.43. The van der Waals surface area contributed by atoms with Gasteiger partial charge in [0.2, 0.25) is 0 Å². The number of alkyl halides is 4. The highest BCUT2D eigenvalue weighted by Crippen LogP contribution is 2.44. The predicted octanol–water partition coefficient (Wildman–Crippen LogP) is 8.57. The first-order chi connectivity index (χ1) is 28.4. The van der Waals surface area contributed by atoms with E-state index in [0.29, 0.717) is 22.8 Å². The van der Waals surface area contributed by atoms with Gasteiger partial charge >= 0.3 is 37.1 Å². The normalized spacial score (nSPS) is 17.5. The number of benzene rings is 2. The lowest BCUT2D eigenvalue weighted by Gasteiger charge is -2.31. The van der Waals surface area contributed by atoms with Gasteiger partial charge in [-0.15, -0.1) is 0 Å². The maximum Gasteiger partial charge on any atom is 0.387 e.